The first kappa shape index (κ1) is 20.0. The number of nitrogens with one attached hydrogen (secondary N) is 1. The summed E-state index contributed by atoms with van der Waals surface area (Å²) in [5.41, 5.74) is -1.94. The molecule has 0 unspecified atom stereocenters. The molecular formula is C17H16ClF3N2O3S. The molecule has 1 aromatic carbocycles. The van der Waals surface area contributed by atoms with Crippen LogP contribution in [0.15, 0.2) is 23.1 Å². The number of carbonyl (C=O) groups is 1. The molecule has 0 heterocycles. The van der Waals surface area contributed by atoms with Crippen LogP contribution in [0.3, 0.4) is 0 Å². The monoisotopic (exact) mass is 420 g/mol. The van der Waals surface area contributed by atoms with Crippen molar-refractivity contribution in [2.24, 2.45) is 5.92 Å². The smallest absolute Gasteiger partial charge is 0.338 e. The Hall–Kier alpha value is -1.79. The predicted octanol–water partition coefficient (Wildman–Crippen LogP) is 3.47. The molecule has 1 aromatic rings. The molecule has 0 radical (unpaired) electrons. The van der Waals surface area contributed by atoms with E-state index in [1.54, 1.807) is 0 Å². The third-order valence-electron chi connectivity index (χ3n) is 5.09. The maximum Gasteiger partial charge on any atom is 0.416 e. The van der Waals surface area contributed by atoms with Gasteiger partial charge in [0.05, 0.1) is 26.8 Å². The molecule has 2 aliphatic rings. The second kappa shape index (κ2) is 6.67. The van der Waals surface area contributed by atoms with E-state index in [1.165, 1.54) is 0 Å². The summed E-state index contributed by atoms with van der Waals surface area (Å²) < 4.78 is 64.4. The Bertz CT molecular complexity index is 920. The Kier molecular flexibility index (Phi) is 4.93. The van der Waals surface area contributed by atoms with Crippen LogP contribution in [0.25, 0.3) is 0 Å². The molecule has 0 aromatic heterocycles. The summed E-state index contributed by atoms with van der Waals surface area (Å²) in [6.45, 7) is 0. The molecule has 0 bridgehead atoms. The number of amides is 1. The van der Waals surface area contributed by atoms with Crippen molar-refractivity contribution in [1.29, 1.82) is 5.26 Å². The van der Waals surface area contributed by atoms with Gasteiger partial charge in [-0.3, -0.25) is 4.79 Å². The van der Waals surface area contributed by atoms with Crippen molar-refractivity contribution in [1.82, 2.24) is 5.32 Å². The third-order valence-corrected chi connectivity index (χ3v) is 7.78. The number of hydrogen-bond donors (Lipinski definition) is 1. The lowest BCUT2D eigenvalue weighted by atomic mass is 10.1. The van der Waals surface area contributed by atoms with Crippen LogP contribution < -0.4 is 5.32 Å². The number of hydrogen-bond acceptors (Lipinski definition) is 4. The van der Waals surface area contributed by atoms with Crippen molar-refractivity contribution in [2.45, 2.75) is 54.0 Å². The lowest BCUT2D eigenvalue weighted by Gasteiger charge is -2.16. The molecule has 2 aliphatic carbocycles. The second-order valence-electron chi connectivity index (χ2n) is 7.00. The molecule has 1 N–H and O–H groups in total. The van der Waals surface area contributed by atoms with Gasteiger partial charge in [0, 0.05) is 5.92 Å². The SMILES string of the molecule is N#CC1(NC(=O)[C@H]2CC[C@H](S(=O)(=O)c3cc(C(F)(F)F)ccc3Cl)C2)CC1. The number of alkyl halides is 3. The van der Waals surface area contributed by atoms with Crippen LogP contribution in [-0.2, 0) is 20.8 Å². The van der Waals surface area contributed by atoms with Gasteiger partial charge in [0.15, 0.2) is 9.84 Å². The highest BCUT2D eigenvalue weighted by atomic mass is 35.5. The summed E-state index contributed by atoms with van der Waals surface area (Å²) in [6, 6.07) is 4.21. The van der Waals surface area contributed by atoms with Crippen LogP contribution in [0.5, 0.6) is 0 Å². The van der Waals surface area contributed by atoms with E-state index in [1.807, 2.05) is 6.07 Å². The van der Waals surface area contributed by atoms with Gasteiger partial charge >= 0.3 is 6.18 Å². The Morgan fingerprint density at radius 2 is 1.96 bits per heavy atom. The third kappa shape index (κ3) is 3.92. The first-order chi connectivity index (χ1) is 12.5. The predicted molar refractivity (Wildman–Crippen MR) is 90.5 cm³/mol. The molecule has 5 nitrogen and oxygen atoms in total. The average molecular weight is 421 g/mol. The van der Waals surface area contributed by atoms with Crippen LogP contribution in [0.4, 0.5) is 13.2 Å². The van der Waals surface area contributed by atoms with Crippen LogP contribution in [0.2, 0.25) is 5.02 Å². The van der Waals surface area contributed by atoms with Crippen molar-refractivity contribution < 1.29 is 26.4 Å². The summed E-state index contributed by atoms with van der Waals surface area (Å²) in [7, 11) is -4.13. The van der Waals surface area contributed by atoms with E-state index in [0.29, 0.717) is 18.9 Å². The lowest BCUT2D eigenvalue weighted by molar-refractivity contribution is -0.137. The Labute approximate surface area is 159 Å². The fraction of sp³-hybridized carbons (Fsp3) is 0.529. The minimum atomic E-state index is -4.69. The average Bonchev–Trinajstić information content (AvgIpc) is 3.17. The van der Waals surface area contributed by atoms with E-state index >= 15 is 0 Å². The topological polar surface area (TPSA) is 87.0 Å². The summed E-state index contributed by atoms with van der Waals surface area (Å²) in [4.78, 5) is 11.7. The highest BCUT2D eigenvalue weighted by Gasteiger charge is 2.47. The van der Waals surface area contributed by atoms with Crippen LogP contribution in [0.1, 0.15) is 37.7 Å². The number of sulfone groups is 1. The van der Waals surface area contributed by atoms with Gasteiger partial charge in [-0.2, -0.15) is 18.4 Å². The first-order valence-corrected chi connectivity index (χ1v) is 10.2. The van der Waals surface area contributed by atoms with E-state index in [4.69, 9.17) is 16.9 Å². The standard InChI is InChI=1S/C17H16ClF3N2O3S/c18-13-4-2-11(17(19,20)21)8-14(13)27(25,26)12-3-1-10(7-12)15(24)23-16(9-22)5-6-16/h2,4,8,10,12H,1,3,5-7H2,(H,23,24)/t10-,12-/m0/s1. The highest BCUT2D eigenvalue weighted by Crippen LogP contribution is 2.40. The second-order valence-corrected chi connectivity index (χ2v) is 9.61. The number of rotatable bonds is 4. The molecule has 2 atom stereocenters. The van der Waals surface area contributed by atoms with E-state index in [2.05, 4.69) is 5.32 Å². The van der Waals surface area contributed by atoms with Crippen molar-refractivity contribution in [3.05, 3.63) is 28.8 Å². The van der Waals surface area contributed by atoms with Crippen LogP contribution in [-0.4, -0.2) is 25.1 Å². The zero-order chi connectivity index (χ0) is 20.0. The van der Waals surface area contributed by atoms with Gasteiger partial charge in [0.25, 0.3) is 0 Å². The Morgan fingerprint density at radius 3 is 2.52 bits per heavy atom. The van der Waals surface area contributed by atoms with E-state index in [-0.39, 0.29) is 30.2 Å². The number of carbonyl (C=O) groups excluding carboxylic acids is 1. The summed E-state index contributed by atoms with van der Waals surface area (Å²) in [5, 5.41) is 10.4. The van der Waals surface area contributed by atoms with Gasteiger partial charge in [-0.25, -0.2) is 8.42 Å². The van der Waals surface area contributed by atoms with Gasteiger partial charge in [-0.05, 0) is 50.3 Å². The molecule has 0 aliphatic heterocycles. The molecule has 1 amide bonds. The number of nitriles is 1. The van der Waals surface area contributed by atoms with Crippen LogP contribution >= 0.6 is 11.6 Å². The zero-order valence-corrected chi connectivity index (χ0v) is 15.6. The molecule has 2 fully saturated rings. The fourth-order valence-corrected chi connectivity index (χ4v) is 5.63. The summed E-state index contributed by atoms with van der Waals surface area (Å²) >= 11 is 5.86. The maximum absolute atomic E-state index is 12.9. The highest BCUT2D eigenvalue weighted by molar-refractivity contribution is 7.92. The van der Waals surface area contributed by atoms with Crippen molar-refractivity contribution in [3.63, 3.8) is 0 Å². The molecule has 0 saturated heterocycles. The van der Waals surface area contributed by atoms with E-state index in [0.717, 1.165) is 12.1 Å². The van der Waals surface area contributed by atoms with Gasteiger partial charge in [0.1, 0.15) is 5.54 Å². The lowest BCUT2D eigenvalue weighted by Crippen LogP contribution is -2.39. The number of benzene rings is 1. The van der Waals surface area contributed by atoms with Crippen molar-refractivity contribution in [3.8, 4) is 6.07 Å². The fourth-order valence-electron chi connectivity index (χ4n) is 3.27. The molecular weight excluding hydrogens is 405 g/mol. The number of nitrogens with zero attached hydrogens (tertiary/aromatic N) is 1. The summed E-state index contributed by atoms with van der Waals surface area (Å²) in [5.74, 6) is -0.984. The largest absolute Gasteiger partial charge is 0.416 e. The minimum absolute atomic E-state index is 0.0117. The Balaban J connectivity index is 1.79. The van der Waals surface area contributed by atoms with Gasteiger partial charge in [-0.1, -0.05) is 11.6 Å². The molecule has 27 heavy (non-hydrogen) atoms. The Morgan fingerprint density at radius 1 is 1.30 bits per heavy atom. The first-order valence-electron chi connectivity index (χ1n) is 8.32. The quantitative estimate of drug-likeness (QED) is 0.807. The van der Waals surface area contributed by atoms with Gasteiger partial charge in [0.2, 0.25) is 5.91 Å². The van der Waals surface area contributed by atoms with Crippen molar-refractivity contribution in [2.75, 3.05) is 0 Å². The minimum Gasteiger partial charge on any atom is -0.338 e. The molecule has 2 saturated carbocycles. The summed E-state index contributed by atoms with van der Waals surface area (Å²) in [6.07, 6.45) is -3.15. The normalized spacial score (nSPS) is 24.3. The molecule has 0 spiro atoms. The molecule has 10 heteroatoms. The molecule has 3 rings (SSSR count). The zero-order valence-electron chi connectivity index (χ0n) is 14.0. The number of halogens is 4. The van der Waals surface area contributed by atoms with E-state index in [9.17, 15) is 26.4 Å². The molecule has 146 valence electrons. The van der Waals surface area contributed by atoms with Gasteiger partial charge < -0.3 is 5.32 Å². The van der Waals surface area contributed by atoms with Gasteiger partial charge in [-0.15, -0.1) is 0 Å². The van der Waals surface area contributed by atoms with E-state index < -0.39 is 43.2 Å². The van der Waals surface area contributed by atoms with Crippen molar-refractivity contribution >= 4 is 27.3 Å². The maximum atomic E-state index is 12.9. The van der Waals surface area contributed by atoms with Crippen LogP contribution in [0, 0.1) is 17.2 Å².